The molecule has 0 bridgehead atoms. The van der Waals surface area contributed by atoms with Crippen molar-refractivity contribution in [3.63, 3.8) is 0 Å². The van der Waals surface area contributed by atoms with E-state index in [2.05, 4.69) is 10.1 Å². The molecule has 0 spiro atoms. The van der Waals surface area contributed by atoms with E-state index in [1.807, 2.05) is 11.8 Å². The third-order valence-corrected chi connectivity index (χ3v) is 6.12. The van der Waals surface area contributed by atoms with Crippen LogP contribution in [-0.4, -0.2) is 39.2 Å². The van der Waals surface area contributed by atoms with Gasteiger partial charge in [0.2, 0.25) is 11.7 Å². The molecule has 1 unspecified atom stereocenters. The van der Waals surface area contributed by atoms with Gasteiger partial charge >= 0.3 is 12.1 Å². The van der Waals surface area contributed by atoms with Gasteiger partial charge < -0.3 is 9.63 Å². The van der Waals surface area contributed by atoms with Gasteiger partial charge in [-0.3, -0.25) is 9.69 Å². The molecule has 1 aromatic carbocycles. The number of alkyl halides is 3. The van der Waals surface area contributed by atoms with Gasteiger partial charge in [0.05, 0.1) is 17.0 Å². The summed E-state index contributed by atoms with van der Waals surface area (Å²) in [6, 6.07) is 4.46. The summed E-state index contributed by atoms with van der Waals surface area (Å²) in [5.74, 6) is -0.314. The fraction of sp³-hybridized carbons (Fsp3) is 0.526. The van der Waals surface area contributed by atoms with Gasteiger partial charge in [0.15, 0.2) is 0 Å². The minimum Gasteiger partial charge on any atom is -0.481 e. The second kappa shape index (κ2) is 7.60. The standard InChI is InChI=1S/C19H20F3N3O3.ClH/c1-11(25-9-14-6-3-7-18(14,10-25)17(26)27)16-23-15(24-28-16)12-4-2-5-13(8-12)19(20,21)22;/h2,4-5,8,11,14H,3,6-7,9-10H2,1H3,(H,26,27);1H/t11?,14-,18+;/m0./s1. The lowest BCUT2D eigenvalue weighted by molar-refractivity contribution is -0.149. The topological polar surface area (TPSA) is 79.5 Å². The van der Waals surface area contributed by atoms with Gasteiger partial charge in [0.1, 0.15) is 0 Å². The highest BCUT2D eigenvalue weighted by Crippen LogP contribution is 2.50. The maximum absolute atomic E-state index is 12.9. The molecule has 1 aromatic heterocycles. The Kier molecular flexibility index (Phi) is 5.66. The van der Waals surface area contributed by atoms with E-state index in [0.717, 1.165) is 25.0 Å². The van der Waals surface area contributed by atoms with Gasteiger partial charge in [0.25, 0.3) is 0 Å². The number of fused-ring (bicyclic) bond motifs is 1. The average Bonchev–Trinajstić information content (AvgIpc) is 3.34. The van der Waals surface area contributed by atoms with Crippen LogP contribution in [-0.2, 0) is 11.0 Å². The van der Waals surface area contributed by atoms with E-state index in [4.69, 9.17) is 4.52 Å². The lowest BCUT2D eigenvalue weighted by atomic mass is 9.81. The van der Waals surface area contributed by atoms with Gasteiger partial charge in [-0.15, -0.1) is 12.4 Å². The van der Waals surface area contributed by atoms with Crippen molar-refractivity contribution < 1.29 is 27.6 Å². The molecule has 4 rings (SSSR count). The van der Waals surface area contributed by atoms with Crippen LogP contribution < -0.4 is 0 Å². The van der Waals surface area contributed by atoms with Crippen molar-refractivity contribution in [2.75, 3.05) is 13.1 Å². The number of halogens is 4. The molecule has 1 N–H and O–H groups in total. The average molecular weight is 432 g/mol. The van der Waals surface area contributed by atoms with Crippen LogP contribution >= 0.6 is 12.4 Å². The summed E-state index contributed by atoms with van der Waals surface area (Å²) in [5.41, 5.74) is -1.28. The quantitative estimate of drug-likeness (QED) is 0.771. The molecular formula is C19H21ClF3N3O3. The lowest BCUT2D eigenvalue weighted by Crippen LogP contribution is -2.36. The molecule has 2 fully saturated rings. The summed E-state index contributed by atoms with van der Waals surface area (Å²) in [6.07, 6.45) is -1.99. The number of aliphatic carboxylic acids is 1. The van der Waals surface area contributed by atoms with E-state index < -0.39 is 23.1 Å². The molecule has 2 aromatic rings. The predicted octanol–water partition coefficient (Wildman–Crippen LogP) is 4.42. The van der Waals surface area contributed by atoms with E-state index in [0.29, 0.717) is 19.5 Å². The van der Waals surface area contributed by atoms with Crippen molar-refractivity contribution >= 4 is 18.4 Å². The summed E-state index contributed by atoms with van der Waals surface area (Å²) < 4.78 is 44.1. The number of hydrogen-bond acceptors (Lipinski definition) is 5. The second-order valence-corrected chi connectivity index (χ2v) is 7.69. The first-order valence-corrected chi connectivity index (χ1v) is 9.19. The number of nitrogens with zero attached hydrogens (tertiary/aromatic N) is 3. The molecule has 3 atom stereocenters. The molecule has 0 radical (unpaired) electrons. The minimum absolute atomic E-state index is 0. The maximum atomic E-state index is 12.9. The summed E-state index contributed by atoms with van der Waals surface area (Å²) in [4.78, 5) is 18.1. The predicted molar refractivity (Wildman–Crippen MR) is 99.4 cm³/mol. The first-order valence-electron chi connectivity index (χ1n) is 9.19. The zero-order valence-electron chi connectivity index (χ0n) is 15.6. The Labute approximate surface area is 171 Å². The van der Waals surface area contributed by atoms with Crippen LogP contribution in [0, 0.1) is 11.3 Å². The highest BCUT2D eigenvalue weighted by Gasteiger charge is 2.55. The van der Waals surface area contributed by atoms with Crippen LogP contribution in [0.15, 0.2) is 28.8 Å². The Morgan fingerprint density at radius 1 is 1.41 bits per heavy atom. The molecule has 2 heterocycles. The van der Waals surface area contributed by atoms with E-state index in [-0.39, 0.29) is 41.6 Å². The molecule has 1 aliphatic heterocycles. The molecule has 10 heteroatoms. The van der Waals surface area contributed by atoms with Crippen LogP contribution in [0.1, 0.15) is 43.7 Å². The smallest absolute Gasteiger partial charge is 0.416 e. The summed E-state index contributed by atoms with van der Waals surface area (Å²) in [5, 5.41) is 13.5. The third-order valence-electron chi connectivity index (χ3n) is 6.12. The molecule has 1 aliphatic carbocycles. The second-order valence-electron chi connectivity index (χ2n) is 7.69. The molecule has 0 amide bonds. The van der Waals surface area contributed by atoms with Crippen molar-refractivity contribution in [2.45, 2.75) is 38.4 Å². The summed E-state index contributed by atoms with van der Waals surface area (Å²) in [7, 11) is 0. The van der Waals surface area contributed by atoms with Crippen LogP contribution in [0.5, 0.6) is 0 Å². The lowest BCUT2D eigenvalue weighted by Gasteiger charge is -2.25. The van der Waals surface area contributed by atoms with Crippen LogP contribution in [0.2, 0.25) is 0 Å². The molecule has 6 nitrogen and oxygen atoms in total. The third kappa shape index (κ3) is 3.73. The molecule has 29 heavy (non-hydrogen) atoms. The number of likely N-dealkylation sites (tertiary alicyclic amines) is 1. The SMILES string of the molecule is CC(c1nc(-c2cccc(C(F)(F)F)c2)no1)N1C[C@@H]2CCC[C@@]2(C(=O)O)C1.Cl. The van der Waals surface area contributed by atoms with Crippen molar-refractivity contribution in [1.82, 2.24) is 15.0 Å². The monoisotopic (exact) mass is 431 g/mol. The number of carboxylic acids is 1. The summed E-state index contributed by atoms with van der Waals surface area (Å²) >= 11 is 0. The van der Waals surface area contributed by atoms with E-state index >= 15 is 0 Å². The number of hydrogen-bond donors (Lipinski definition) is 1. The Morgan fingerprint density at radius 2 is 2.17 bits per heavy atom. The number of carbonyl (C=O) groups is 1. The molecule has 1 saturated heterocycles. The van der Waals surface area contributed by atoms with Crippen LogP contribution in [0.3, 0.4) is 0 Å². The van der Waals surface area contributed by atoms with Crippen molar-refractivity contribution in [3.05, 3.63) is 35.7 Å². The van der Waals surface area contributed by atoms with Gasteiger partial charge in [0, 0.05) is 18.7 Å². The number of carboxylic acid groups (broad SMARTS) is 1. The van der Waals surface area contributed by atoms with Gasteiger partial charge in [-0.25, -0.2) is 0 Å². The zero-order valence-corrected chi connectivity index (χ0v) is 16.5. The van der Waals surface area contributed by atoms with Gasteiger partial charge in [-0.2, -0.15) is 18.2 Å². The number of benzene rings is 1. The Balaban J connectivity index is 0.00000240. The first-order chi connectivity index (χ1) is 13.2. The molecule has 1 saturated carbocycles. The van der Waals surface area contributed by atoms with Gasteiger partial charge in [-0.1, -0.05) is 23.7 Å². The fourth-order valence-electron chi connectivity index (χ4n) is 4.49. The Bertz CT molecular complexity index is 904. The van der Waals surface area contributed by atoms with Crippen molar-refractivity contribution in [2.24, 2.45) is 11.3 Å². The van der Waals surface area contributed by atoms with Crippen molar-refractivity contribution in [3.8, 4) is 11.4 Å². The van der Waals surface area contributed by atoms with Crippen molar-refractivity contribution in [1.29, 1.82) is 0 Å². The minimum atomic E-state index is -4.45. The Hall–Kier alpha value is -2.13. The fourth-order valence-corrected chi connectivity index (χ4v) is 4.49. The van der Waals surface area contributed by atoms with Gasteiger partial charge in [-0.05, 0) is 37.8 Å². The Morgan fingerprint density at radius 3 is 2.83 bits per heavy atom. The normalized spacial score (nSPS) is 25.4. The molecular weight excluding hydrogens is 411 g/mol. The highest BCUT2D eigenvalue weighted by molar-refractivity contribution is 5.85. The van der Waals surface area contributed by atoms with Crippen LogP contribution in [0.4, 0.5) is 13.2 Å². The first kappa shape index (κ1) is 21.6. The van der Waals surface area contributed by atoms with Crippen LogP contribution in [0.25, 0.3) is 11.4 Å². The highest BCUT2D eigenvalue weighted by atomic mass is 35.5. The largest absolute Gasteiger partial charge is 0.481 e. The number of rotatable bonds is 4. The molecule has 158 valence electrons. The zero-order chi connectivity index (χ0) is 20.1. The van der Waals surface area contributed by atoms with E-state index in [9.17, 15) is 23.1 Å². The van der Waals surface area contributed by atoms with E-state index in [1.165, 1.54) is 12.1 Å². The summed E-state index contributed by atoms with van der Waals surface area (Å²) in [6.45, 7) is 2.89. The van der Waals surface area contributed by atoms with E-state index in [1.54, 1.807) is 0 Å². The number of aromatic nitrogens is 2. The molecule has 2 aliphatic rings. The maximum Gasteiger partial charge on any atom is 0.416 e.